The summed E-state index contributed by atoms with van der Waals surface area (Å²) in [6.07, 6.45) is 2.03. The van der Waals surface area contributed by atoms with E-state index < -0.39 is 11.8 Å². The first-order chi connectivity index (χ1) is 8.16. The van der Waals surface area contributed by atoms with E-state index in [2.05, 4.69) is 5.32 Å². The zero-order valence-corrected chi connectivity index (χ0v) is 10.1. The smallest absolute Gasteiger partial charge is 0.337 e. The maximum atomic E-state index is 13.0. The lowest BCUT2D eigenvalue weighted by Gasteiger charge is -2.24. The first-order valence-electron chi connectivity index (χ1n) is 5.54. The fourth-order valence-corrected chi connectivity index (χ4v) is 2.99. The molecule has 2 N–H and O–H groups in total. The predicted octanol–water partition coefficient (Wildman–Crippen LogP) is 2.83. The molecule has 0 saturated carbocycles. The number of hydrogen-bond acceptors (Lipinski definition) is 3. The van der Waals surface area contributed by atoms with Crippen LogP contribution in [0.25, 0.3) is 0 Å². The lowest BCUT2D eigenvalue weighted by atomic mass is 10.1. The van der Waals surface area contributed by atoms with Gasteiger partial charge in [0, 0.05) is 11.7 Å². The van der Waals surface area contributed by atoms with Crippen molar-refractivity contribution in [2.75, 3.05) is 16.8 Å². The fourth-order valence-electron chi connectivity index (χ4n) is 1.88. The Morgan fingerprint density at radius 3 is 2.76 bits per heavy atom. The zero-order valence-electron chi connectivity index (χ0n) is 9.28. The van der Waals surface area contributed by atoms with Crippen LogP contribution in [-0.4, -0.2) is 28.6 Å². The number of rotatable bonds is 3. The number of benzene rings is 1. The van der Waals surface area contributed by atoms with Crippen LogP contribution < -0.4 is 5.32 Å². The van der Waals surface area contributed by atoms with Gasteiger partial charge < -0.3 is 10.4 Å². The van der Waals surface area contributed by atoms with Crippen LogP contribution in [0.1, 0.15) is 23.2 Å². The zero-order chi connectivity index (χ0) is 12.3. The predicted molar refractivity (Wildman–Crippen MR) is 67.3 cm³/mol. The lowest BCUT2D eigenvalue weighted by Crippen LogP contribution is -2.25. The molecule has 0 spiro atoms. The number of carboxylic acids is 1. The number of carbonyl (C=O) groups is 1. The van der Waals surface area contributed by atoms with E-state index in [4.69, 9.17) is 5.11 Å². The third-order valence-electron chi connectivity index (χ3n) is 2.79. The summed E-state index contributed by atoms with van der Waals surface area (Å²) in [6, 6.07) is 4.13. The minimum absolute atomic E-state index is 0.00299. The summed E-state index contributed by atoms with van der Waals surface area (Å²) < 4.78 is 13.0. The number of hydrogen-bond donors (Lipinski definition) is 2. The average Bonchev–Trinajstić information content (AvgIpc) is 2.32. The lowest BCUT2D eigenvalue weighted by molar-refractivity contribution is 0.0697. The normalized spacial score (nSPS) is 16.8. The summed E-state index contributed by atoms with van der Waals surface area (Å²) in [5, 5.41) is 12.2. The fraction of sp³-hybridized carbons (Fsp3) is 0.417. The Balaban J connectivity index is 2.16. The highest BCUT2D eigenvalue weighted by Gasteiger charge is 2.17. The summed E-state index contributed by atoms with van der Waals surface area (Å²) in [6.45, 7) is 0. The number of halogens is 1. The van der Waals surface area contributed by atoms with Gasteiger partial charge in [0.2, 0.25) is 0 Å². The molecule has 2 rings (SSSR count). The van der Waals surface area contributed by atoms with E-state index >= 15 is 0 Å². The summed E-state index contributed by atoms with van der Waals surface area (Å²) in [5.74, 6) is 0.548. The second-order valence-corrected chi connectivity index (χ2v) is 5.25. The van der Waals surface area contributed by atoms with E-state index in [0.29, 0.717) is 11.7 Å². The molecule has 1 aromatic rings. The van der Waals surface area contributed by atoms with Crippen LogP contribution in [-0.2, 0) is 0 Å². The molecule has 0 amide bonds. The van der Waals surface area contributed by atoms with Crippen LogP contribution in [0.15, 0.2) is 18.2 Å². The molecule has 17 heavy (non-hydrogen) atoms. The van der Waals surface area contributed by atoms with E-state index in [9.17, 15) is 9.18 Å². The highest BCUT2D eigenvalue weighted by molar-refractivity contribution is 7.99. The summed E-state index contributed by atoms with van der Waals surface area (Å²) in [7, 11) is 0. The van der Waals surface area contributed by atoms with Crippen LogP contribution in [0.5, 0.6) is 0 Å². The number of carboxylic acid groups (broad SMARTS) is 1. The van der Waals surface area contributed by atoms with Crippen molar-refractivity contribution < 1.29 is 14.3 Å². The molecule has 0 unspecified atom stereocenters. The van der Waals surface area contributed by atoms with Crippen molar-refractivity contribution >= 4 is 23.4 Å². The minimum atomic E-state index is -1.10. The van der Waals surface area contributed by atoms with E-state index in [0.717, 1.165) is 30.4 Å². The van der Waals surface area contributed by atoms with Crippen molar-refractivity contribution in [1.29, 1.82) is 0 Å². The molecule has 5 heteroatoms. The molecule has 1 aliphatic heterocycles. The molecule has 3 nitrogen and oxygen atoms in total. The highest BCUT2D eigenvalue weighted by atomic mass is 32.2. The first kappa shape index (κ1) is 12.2. The maximum absolute atomic E-state index is 13.0. The Kier molecular flexibility index (Phi) is 3.89. The number of nitrogens with one attached hydrogen (secondary N) is 1. The largest absolute Gasteiger partial charge is 0.478 e. The molecule has 1 heterocycles. The van der Waals surface area contributed by atoms with Gasteiger partial charge in [-0.3, -0.25) is 0 Å². The van der Waals surface area contributed by atoms with E-state index in [-0.39, 0.29) is 5.56 Å². The second-order valence-electron chi connectivity index (χ2n) is 4.03. The van der Waals surface area contributed by atoms with Crippen LogP contribution >= 0.6 is 11.8 Å². The third-order valence-corrected chi connectivity index (χ3v) is 3.84. The van der Waals surface area contributed by atoms with Crippen molar-refractivity contribution in [2.45, 2.75) is 18.9 Å². The van der Waals surface area contributed by atoms with E-state index in [1.165, 1.54) is 12.1 Å². The molecule has 1 aromatic carbocycles. The average molecular weight is 255 g/mol. The van der Waals surface area contributed by atoms with Crippen LogP contribution in [0.3, 0.4) is 0 Å². The summed E-state index contributed by atoms with van der Waals surface area (Å²) in [5.41, 5.74) is 0.513. The Hall–Kier alpha value is -1.23. The Bertz CT molecular complexity index is 419. The van der Waals surface area contributed by atoms with Gasteiger partial charge in [-0.05, 0) is 42.5 Å². The van der Waals surface area contributed by atoms with Gasteiger partial charge in [-0.1, -0.05) is 0 Å². The molecule has 1 saturated heterocycles. The van der Waals surface area contributed by atoms with Gasteiger partial charge in [0.25, 0.3) is 0 Å². The van der Waals surface area contributed by atoms with Crippen molar-refractivity contribution in [3.05, 3.63) is 29.6 Å². The van der Waals surface area contributed by atoms with Crippen LogP contribution in [0, 0.1) is 5.82 Å². The topological polar surface area (TPSA) is 49.3 Å². The Labute approximate surface area is 103 Å². The molecular formula is C12H14FNO2S. The molecule has 0 aliphatic carbocycles. The summed E-state index contributed by atoms with van der Waals surface area (Å²) >= 11 is 1.91. The standard InChI is InChI=1S/C12H14FNO2S/c13-8-1-2-11(10(7-8)12(15)16)14-9-3-5-17-6-4-9/h1-2,7,9,14H,3-6H2,(H,15,16). The molecule has 1 aliphatic rings. The highest BCUT2D eigenvalue weighted by Crippen LogP contribution is 2.23. The van der Waals surface area contributed by atoms with Gasteiger partial charge >= 0.3 is 5.97 Å². The third kappa shape index (κ3) is 3.12. The Morgan fingerprint density at radius 1 is 1.41 bits per heavy atom. The number of aromatic carboxylic acids is 1. The van der Waals surface area contributed by atoms with Gasteiger partial charge in [-0.2, -0.15) is 11.8 Å². The molecule has 0 radical (unpaired) electrons. The molecular weight excluding hydrogens is 241 g/mol. The number of anilines is 1. The van der Waals surface area contributed by atoms with E-state index in [1.54, 1.807) is 0 Å². The molecule has 1 fully saturated rings. The molecule has 0 atom stereocenters. The molecule has 0 aromatic heterocycles. The van der Waals surface area contributed by atoms with Gasteiger partial charge in [0.15, 0.2) is 0 Å². The van der Waals surface area contributed by atoms with Crippen molar-refractivity contribution in [1.82, 2.24) is 0 Å². The molecule has 92 valence electrons. The van der Waals surface area contributed by atoms with Crippen molar-refractivity contribution in [3.63, 3.8) is 0 Å². The number of thioether (sulfide) groups is 1. The minimum Gasteiger partial charge on any atom is -0.478 e. The molecule has 0 bridgehead atoms. The first-order valence-corrected chi connectivity index (χ1v) is 6.69. The Morgan fingerprint density at radius 2 is 2.12 bits per heavy atom. The van der Waals surface area contributed by atoms with Crippen LogP contribution in [0.2, 0.25) is 0 Å². The summed E-state index contributed by atoms with van der Waals surface area (Å²) in [4.78, 5) is 11.0. The van der Waals surface area contributed by atoms with Gasteiger partial charge in [0.1, 0.15) is 5.82 Å². The van der Waals surface area contributed by atoms with Crippen molar-refractivity contribution in [2.24, 2.45) is 0 Å². The van der Waals surface area contributed by atoms with Gasteiger partial charge in [0.05, 0.1) is 5.56 Å². The second kappa shape index (κ2) is 5.40. The van der Waals surface area contributed by atoms with E-state index in [1.807, 2.05) is 11.8 Å². The monoisotopic (exact) mass is 255 g/mol. The quantitative estimate of drug-likeness (QED) is 0.872. The van der Waals surface area contributed by atoms with Gasteiger partial charge in [-0.25, -0.2) is 9.18 Å². The van der Waals surface area contributed by atoms with Gasteiger partial charge in [-0.15, -0.1) is 0 Å². The van der Waals surface area contributed by atoms with Crippen molar-refractivity contribution in [3.8, 4) is 0 Å². The van der Waals surface area contributed by atoms with Crippen LogP contribution in [0.4, 0.5) is 10.1 Å². The maximum Gasteiger partial charge on any atom is 0.337 e. The SMILES string of the molecule is O=C(O)c1cc(F)ccc1NC1CCSCC1.